The van der Waals surface area contributed by atoms with Gasteiger partial charge in [-0.3, -0.25) is 0 Å². The molecule has 68 valence electrons. The van der Waals surface area contributed by atoms with Crippen LogP contribution in [0.25, 0.3) is 0 Å². The fourth-order valence-corrected chi connectivity index (χ4v) is 0.880. The first-order valence-corrected chi connectivity index (χ1v) is 3.81. The molecule has 11 heavy (non-hydrogen) atoms. The quantitative estimate of drug-likeness (QED) is 0.406. The van der Waals surface area contributed by atoms with Gasteiger partial charge in [0.05, 0.1) is 24.9 Å². The van der Waals surface area contributed by atoms with E-state index in [1.165, 1.54) is 0 Å². The SMILES string of the molecule is CCC(O)C(O)C(CO)NC. The normalized spacial score (nSPS) is 19.4. The Kier molecular flexibility index (Phi) is 5.41. The first-order valence-electron chi connectivity index (χ1n) is 3.81. The lowest BCUT2D eigenvalue weighted by Gasteiger charge is -2.23. The Morgan fingerprint density at radius 2 is 1.91 bits per heavy atom. The number of rotatable bonds is 5. The molecule has 0 fully saturated rings. The second-order valence-corrected chi connectivity index (χ2v) is 2.54. The number of likely N-dealkylation sites (N-methyl/N-ethyl adjacent to an activating group) is 1. The Balaban J connectivity index is 3.86. The second-order valence-electron chi connectivity index (χ2n) is 2.54. The van der Waals surface area contributed by atoms with Crippen molar-refractivity contribution in [2.45, 2.75) is 31.6 Å². The molecule has 0 aliphatic rings. The van der Waals surface area contributed by atoms with Crippen LogP contribution in [0.5, 0.6) is 0 Å². The molecule has 3 unspecified atom stereocenters. The maximum atomic E-state index is 9.30. The van der Waals surface area contributed by atoms with E-state index < -0.39 is 18.2 Å². The van der Waals surface area contributed by atoms with Crippen molar-refractivity contribution in [1.29, 1.82) is 0 Å². The fourth-order valence-electron chi connectivity index (χ4n) is 0.880. The summed E-state index contributed by atoms with van der Waals surface area (Å²) in [6.07, 6.45) is -1.17. The zero-order chi connectivity index (χ0) is 8.85. The van der Waals surface area contributed by atoms with Gasteiger partial charge < -0.3 is 20.6 Å². The summed E-state index contributed by atoms with van der Waals surface area (Å²) in [4.78, 5) is 0. The summed E-state index contributed by atoms with van der Waals surface area (Å²) in [7, 11) is 1.63. The Morgan fingerprint density at radius 1 is 1.36 bits per heavy atom. The highest BCUT2D eigenvalue weighted by Crippen LogP contribution is 2.02. The largest absolute Gasteiger partial charge is 0.395 e. The van der Waals surface area contributed by atoms with Crippen LogP contribution in [0.2, 0.25) is 0 Å². The Labute approximate surface area is 66.9 Å². The van der Waals surface area contributed by atoms with E-state index in [1.54, 1.807) is 14.0 Å². The third-order valence-electron chi connectivity index (χ3n) is 1.79. The van der Waals surface area contributed by atoms with E-state index in [-0.39, 0.29) is 6.61 Å². The smallest absolute Gasteiger partial charge is 0.0973 e. The molecule has 0 aromatic rings. The third kappa shape index (κ3) is 3.16. The third-order valence-corrected chi connectivity index (χ3v) is 1.79. The molecular formula is C7H17NO3. The minimum Gasteiger partial charge on any atom is -0.395 e. The first-order chi connectivity index (χ1) is 5.17. The van der Waals surface area contributed by atoms with E-state index >= 15 is 0 Å². The van der Waals surface area contributed by atoms with Crippen LogP contribution in [0, 0.1) is 0 Å². The lowest BCUT2D eigenvalue weighted by atomic mass is 10.0. The van der Waals surface area contributed by atoms with E-state index in [4.69, 9.17) is 10.2 Å². The molecule has 4 N–H and O–H groups in total. The summed E-state index contributed by atoms with van der Waals surface area (Å²) < 4.78 is 0. The van der Waals surface area contributed by atoms with Gasteiger partial charge in [-0.25, -0.2) is 0 Å². The van der Waals surface area contributed by atoms with Gasteiger partial charge >= 0.3 is 0 Å². The Morgan fingerprint density at radius 3 is 2.18 bits per heavy atom. The summed E-state index contributed by atoms with van der Waals surface area (Å²) in [5.74, 6) is 0. The van der Waals surface area contributed by atoms with Crippen molar-refractivity contribution in [3.8, 4) is 0 Å². The van der Waals surface area contributed by atoms with Gasteiger partial charge in [0.2, 0.25) is 0 Å². The highest BCUT2D eigenvalue weighted by Gasteiger charge is 2.22. The van der Waals surface area contributed by atoms with Crippen LogP contribution in [-0.4, -0.2) is 47.2 Å². The average molecular weight is 163 g/mol. The summed E-state index contributed by atoms with van der Waals surface area (Å²) in [5, 5.41) is 29.9. The van der Waals surface area contributed by atoms with Gasteiger partial charge in [0.25, 0.3) is 0 Å². The van der Waals surface area contributed by atoms with Crippen molar-refractivity contribution < 1.29 is 15.3 Å². The van der Waals surface area contributed by atoms with Crippen LogP contribution < -0.4 is 5.32 Å². The molecule has 0 saturated heterocycles. The number of aliphatic hydroxyl groups is 3. The van der Waals surface area contributed by atoms with E-state index in [0.717, 1.165) is 0 Å². The molecule has 0 saturated carbocycles. The lowest BCUT2D eigenvalue weighted by molar-refractivity contribution is -0.0159. The molecule has 0 rings (SSSR count). The molecule has 0 radical (unpaired) electrons. The van der Waals surface area contributed by atoms with E-state index in [2.05, 4.69) is 5.32 Å². The number of aliphatic hydroxyl groups excluding tert-OH is 3. The van der Waals surface area contributed by atoms with E-state index in [9.17, 15) is 5.11 Å². The molecule has 0 spiro atoms. The van der Waals surface area contributed by atoms with E-state index in [1.807, 2.05) is 0 Å². The minimum atomic E-state index is -0.894. The summed E-state index contributed by atoms with van der Waals surface area (Å²) in [5.41, 5.74) is 0. The van der Waals surface area contributed by atoms with Gasteiger partial charge in [0.1, 0.15) is 0 Å². The Bertz CT molecular complexity index is 95.7. The highest BCUT2D eigenvalue weighted by molar-refractivity contribution is 4.78. The Hall–Kier alpha value is -0.160. The van der Waals surface area contributed by atoms with Crippen LogP contribution >= 0.6 is 0 Å². The molecule has 0 heterocycles. The van der Waals surface area contributed by atoms with Gasteiger partial charge in [-0.2, -0.15) is 0 Å². The maximum absolute atomic E-state index is 9.30. The van der Waals surface area contributed by atoms with Crippen LogP contribution in [0.3, 0.4) is 0 Å². The van der Waals surface area contributed by atoms with Crippen LogP contribution in [0.4, 0.5) is 0 Å². The maximum Gasteiger partial charge on any atom is 0.0973 e. The topological polar surface area (TPSA) is 72.7 Å². The van der Waals surface area contributed by atoms with Gasteiger partial charge in [-0.05, 0) is 13.5 Å². The summed E-state index contributed by atoms with van der Waals surface area (Å²) in [6, 6.07) is -0.440. The van der Waals surface area contributed by atoms with Crippen molar-refractivity contribution >= 4 is 0 Å². The van der Waals surface area contributed by atoms with Crippen LogP contribution in [0.15, 0.2) is 0 Å². The zero-order valence-electron chi connectivity index (χ0n) is 6.99. The fraction of sp³-hybridized carbons (Fsp3) is 1.00. The first kappa shape index (κ1) is 10.8. The molecule has 0 aromatic heterocycles. The second kappa shape index (κ2) is 5.49. The molecule has 0 bridgehead atoms. The van der Waals surface area contributed by atoms with Crippen LogP contribution in [-0.2, 0) is 0 Å². The van der Waals surface area contributed by atoms with Crippen molar-refractivity contribution in [1.82, 2.24) is 5.32 Å². The molecule has 4 nitrogen and oxygen atoms in total. The van der Waals surface area contributed by atoms with Crippen LogP contribution in [0.1, 0.15) is 13.3 Å². The predicted octanol–water partition coefficient (Wildman–Crippen LogP) is -1.30. The minimum absolute atomic E-state index is 0.172. The monoisotopic (exact) mass is 163 g/mol. The zero-order valence-corrected chi connectivity index (χ0v) is 6.99. The molecule has 0 aromatic carbocycles. The highest BCUT2D eigenvalue weighted by atomic mass is 16.3. The molecule has 4 heteroatoms. The standard InChI is InChI=1S/C7H17NO3/c1-3-6(10)7(11)5(4-9)8-2/h5-11H,3-4H2,1-2H3. The number of hydrogen-bond acceptors (Lipinski definition) is 4. The molecular weight excluding hydrogens is 146 g/mol. The predicted molar refractivity (Wildman–Crippen MR) is 42.2 cm³/mol. The molecule has 0 aliphatic heterocycles. The van der Waals surface area contributed by atoms with Crippen molar-refractivity contribution in [2.75, 3.05) is 13.7 Å². The molecule has 0 amide bonds. The van der Waals surface area contributed by atoms with E-state index in [0.29, 0.717) is 6.42 Å². The van der Waals surface area contributed by atoms with Crippen molar-refractivity contribution in [3.63, 3.8) is 0 Å². The average Bonchev–Trinajstić information content (AvgIpc) is 2.05. The number of hydrogen-bond donors (Lipinski definition) is 4. The van der Waals surface area contributed by atoms with Crippen molar-refractivity contribution in [2.24, 2.45) is 0 Å². The van der Waals surface area contributed by atoms with Crippen molar-refractivity contribution in [3.05, 3.63) is 0 Å². The van der Waals surface area contributed by atoms with Gasteiger partial charge in [0, 0.05) is 0 Å². The lowest BCUT2D eigenvalue weighted by Crippen LogP contribution is -2.46. The number of nitrogens with one attached hydrogen (secondary N) is 1. The van der Waals surface area contributed by atoms with Gasteiger partial charge in [0.15, 0.2) is 0 Å². The molecule has 0 aliphatic carbocycles. The molecule has 3 atom stereocenters. The summed E-state index contributed by atoms with van der Waals surface area (Å²) >= 11 is 0. The van der Waals surface area contributed by atoms with Gasteiger partial charge in [-0.15, -0.1) is 0 Å². The van der Waals surface area contributed by atoms with Gasteiger partial charge in [-0.1, -0.05) is 6.92 Å². The summed E-state index contributed by atoms with van der Waals surface area (Å²) in [6.45, 7) is 1.60.